The Morgan fingerprint density at radius 2 is 1.92 bits per heavy atom. The number of rotatable bonds is 5. The van der Waals surface area contributed by atoms with Gasteiger partial charge in [0, 0.05) is 22.0 Å². The second kappa shape index (κ2) is 6.92. The number of aliphatic carboxylic acids is 1. The van der Waals surface area contributed by atoms with Crippen LogP contribution in [0.4, 0.5) is 4.39 Å². The van der Waals surface area contributed by atoms with Crippen LogP contribution < -0.4 is 0 Å². The van der Waals surface area contributed by atoms with Crippen molar-refractivity contribution in [3.05, 3.63) is 70.0 Å². The minimum atomic E-state index is -1.02. The number of carboxylic acid groups (broad SMARTS) is 1. The second-order valence-electron chi connectivity index (χ2n) is 6.37. The van der Waals surface area contributed by atoms with Gasteiger partial charge in [0.1, 0.15) is 5.82 Å². The first-order valence-corrected chi connectivity index (χ1v) is 9.55. The fraction of sp³-hybridized carbons (Fsp3) is 0.250. The van der Waals surface area contributed by atoms with Crippen molar-refractivity contribution in [1.82, 2.24) is 0 Å². The lowest BCUT2D eigenvalue weighted by atomic mass is 9.94. The van der Waals surface area contributed by atoms with Crippen LogP contribution in [0.1, 0.15) is 35.6 Å². The highest BCUT2D eigenvalue weighted by Crippen LogP contribution is 2.38. The Hall–Kier alpha value is -2.27. The van der Waals surface area contributed by atoms with Gasteiger partial charge in [-0.15, -0.1) is 0 Å². The molecule has 3 rings (SSSR count). The zero-order valence-electron chi connectivity index (χ0n) is 14.1. The van der Waals surface area contributed by atoms with Crippen LogP contribution in [0.5, 0.6) is 0 Å². The van der Waals surface area contributed by atoms with Crippen LogP contribution in [0.25, 0.3) is 5.57 Å². The van der Waals surface area contributed by atoms with Crippen molar-refractivity contribution in [2.75, 3.05) is 6.26 Å². The predicted octanol–water partition coefficient (Wildman–Crippen LogP) is 3.96. The number of hydrogen-bond acceptors (Lipinski definition) is 2. The van der Waals surface area contributed by atoms with E-state index in [-0.39, 0.29) is 12.2 Å². The van der Waals surface area contributed by atoms with Crippen molar-refractivity contribution >= 4 is 22.3 Å². The van der Waals surface area contributed by atoms with E-state index >= 15 is 0 Å². The van der Waals surface area contributed by atoms with Gasteiger partial charge in [-0.3, -0.25) is 9.00 Å². The lowest BCUT2D eigenvalue weighted by Gasteiger charge is -2.11. The largest absolute Gasteiger partial charge is 0.481 e. The van der Waals surface area contributed by atoms with Gasteiger partial charge in [-0.05, 0) is 71.9 Å². The standard InChI is InChI=1S/C20H19FO3S/c1-12-7-18-14(8-13-3-5-16(6-4-13)25(2)24)9-15(21)10-19(18)17(12)11-20(22)23/h3-6,9-10H,7-8,11H2,1-2H3,(H,22,23). The Morgan fingerprint density at radius 1 is 1.24 bits per heavy atom. The smallest absolute Gasteiger partial charge is 0.307 e. The molecule has 2 aromatic carbocycles. The molecule has 2 aromatic rings. The van der Waals surface area contributed by atoms with E-state index in [1.165, 1.54) is 12.1 Å². The fourth-order valence-corrected chi connectivity index (χ4v) is 3.87. The maximum atomic E-state index is 14.1. The van der Waals surface area contributed by atoms with Crippen LogP contribution >= 0.6 is 0 Å². The van der Waals surface area contributed by atoms with Crippen LogP contribution in [-0.4, -0.2) is 21.5 Å². The predicted molar refractivity (Wildman–Crippen MR) is 96.5 cm³/mol. The van der Waals surface area contributed by atoms with Gasteiger partial charge < -0.3 is 5.11 Å². The molecule has 0 radical (unpaired) electrons. The summed E-state index contributed by atoms with van der Waals surface area (Å²) in [7, 11) is -1.02. The molecular weight excluding hydrogens is 339 g/mol. The topological polar surface area (TPSA) is 54.4 Å². The van der Waals surface area contributed by atoms with Gasteiger partial charge in [-0.2, -0.15) is 0 Å². The Balaban J connectivity index is 1.95. The first-order chi connectivity index (χ1) is 11.8. The molecule has 0 bridgehead atoms. The Bertz CT molecular complexity index is 898. The van der Waals surface area contributed by atoms with E-state index in [9.17, 15) is 13.4 Å². The van der Waals surface area contributed by atoms with Gasteiger partial charge in [-0.1, -0.05) is 17.7 Å². The van der Waals surface area contributed by atoms with Gasteiger partial charge in [0.05, 0.1) is 6.42 Å². The summed E-state index contributed by atoms with van der Waals surface area (Å²) < 4.78 is 25.6. The third kappa shape index (κ3) is 3.71. The average Bonchev–Trinajstić information content (AvgIpc) is 2.84. The van der Waals surface area contributed by atoms with Crippen molar-refractivity contribution in [2.24, 2.45) is 0 Å². The second-order valence-corrected chi connectivity index (χ2v) is 7.75. The van der Waals surface area contributed by atoms with Crippen LogP contribution in [0.3, 0.4) is 0 Å². The molecular formula is C20H19FO3S. The summed E-state index contributed by atoms with van der Waals surface area (Å²) in [5.74, 6) is -1.26. The SMILES string of the molecule is CC1=C(CC(=O)O)c2cc(F)cc(Cc3ccc(S(C)=O)cc3)c2C1. The highest BCUT2D eigenvalue weighted by molar-refractivity contribution is 7.84. The Morgan fingerprint density at radius 3 is 2.52 bits per heavy atom. The Kier molecular flexibility index (Phi) is 4.86. The fourth-order valence-electron chi connectivity index (χ4n) is 3.35. The number of fused-ring (bicyclic) bond motifs is 1. The van der Waals surface area contributed by atoms with Gasteiger partial charge in [-0.25, -0.2) is 4.39 Å². The third-order valence-corrected chi connectivity index (χ3v) is 5.50. The molecule has 5 heteroatoms. The van der Waals surface area contributed by atoms with Crippen molar-refractivity contribution in [1.29, 1.82) is 0 Å². The number of halogens is 1. The maximum Gasteiger partial charge on any atom is 0.307 e. The van der Waals surface area contributed by atoms with Crippen molar-refractivity contribution in [3.63, 3.8) is 0 Å². The number of hydrogen-bond donors (Lipinski definition) is 1. The molecule has 1 unspecified atom stereocenters. The molecule has 0 amide bonds. The van der Waals surface area contributed by atoms with Crippen LogP contribution in [-0.2, 0) is 28.4 Å². The molecule has 0 spiro atoms. The molecule has 1 atom stereocenters. The quantitative estimate of drug-likeness (QED) is 0.880. The van der Waals surface area contributed by atoms with Gasteiger partial charge in [0.15, 0.2) is 0 Å². The summed E-state index contributed by atoms with van der Waals surface area (Å²) in [6.07, 6.45) is 2.76. The van der Waals surface area contributed by atoms with E-state index in [1.807, 2.05) is 31.2 Å². The van der Waals surface area contributed by atoms with Crippen molar-refractivity contribution in [2.45, 2.75) is 31.1 Å². The van der Waals surface area contributed by atoms with Gasteiger partial charge >= 0.3 is 5.97 Å². The lowest BCUT2D eigenvalue weighted by Crippen LogP contribution is -2.00. The molecule has 25 heavy (non-hydrogen) atoms. The summed E-state index contributed by atoms with van der Waals surface area (Å²) >= 11 is 0. The summed E-state index contributed by atoms with van der Waals surface area (Å²) in [6.45, 7) is 1.91. The molecule has 1 N–H and O–H groups in total. The van der Waals surface area contributed by atoms with Gasteiger partial charge in [0.25, 0.3) is 0 Å². The highest BCUT2D eigenvalue weighted by Gasteiger charge is 2.24. The molecule has 0 saturated heterocycles. The van der Waals surface area contributed by atoms with E-state index in [4.69, 9.17) is 5.11 Å². The van der Waals surface area contributed by atoms with Crippen LogP contribution in [0.15, 0.2) is 46.9 Å². The zero-order chi connectivity index (χ0) is 18.1. The van der Waals surface area contributed by atoms with Gasteiger partial charge in [0.2, 0.25) is 0 Å². The number of carbonyl (C=O) groups is 1. The third-order valence-electron chi connectivity index (χ3n) is 4.57. The van der Waals surface area contributed by atoms with Crippen molar-refractivity contribution < 1.29 is 18.5 Å². The van der Waals surface area contributed by atoms with E-state index in [0.29, 0.717) is 12.8 Å². The van der Waals surface area contributed by atoms with E-state index in [0.717, 1.165) is 38.3 Å². The molecule has 0 fully saturated rings. The highest BCUT2D eigenvalue weighted by atomic mass is 32.2. The summed E-state index contributed by atoms with van der Waals surface area (Å²) in [6, 6.07) is 10.4. The summed E-state index contributed by atoms with van der Waals surface area (Å²) in [4.78, 5) is 11.9. The molecule has 1 aliphatic rings. The van der Waals surface area contributed by atoms with Crippen LogP contribution in [0, 0.1) is 5.82 Å². The van der Waals surface area contributed by atoms with E-state index in [1.54, 1.807) is 6.26 Å². The first kappa shape index (κ1) is 17.5. The summed E-state index contributed by atoms with van der Waals surface area (Å²) in [5.41, 5.74) is 5.33. The van der Waals surface area contributed by atoms with Crippen LogP contribution in [0.2, 0.25) is 0 Å². The maximum absolute atomic E-state index is 14.1. The molecule has 0 saturated carbocycles. The van der Waals surface area contributed by atoms with E-state index < -0.39 is 16.8 Å². The monoisotopic (exact) mass is 358 g/mol. The number of benzene rings is 2. The minimum Gasteiger partial charge on any atom is -0.481 e. The average molecular weight is 358 g/mol. The van der Waals surface area contributed by atoms with E-state index in [2.05, 4.69) is 0 Å². The molecule has 1 aliphatic carbocycles. The molecule has 130 valence electrons. The lowest BCUT2D eigenvalue weighted by molar-refractivity contribution is -0.135. The number of carboxylic acids is 1. The molecule has 3 nitrogen and oxygen atoms in total. The zero-order valence-corrected chi connectivity index (χ0v) is 15.0. The van der Waals surface area contributed by atoms with Crippen molar-refractivity contribution in [3.8, 4) is 0 Å². The minimum absolute atomic E-state index is 0.0846. The number of allylic oxidation sites excluding steroid dienone is 1. The normalized spacial score (nSPS) is 14.5. The Labute approximate surface area is 148 Å². The summed E-state index contributed by atoms with van der Waals surface area (Å²) in [5, 5.41) is 9.11. The molecule has 0 heterocycles. The molecule has 0 aromatic heterocycles. The first-order valence-electron chi connectivity index (χ1n) is 7.99. The molecule has 0 aliphatic heterocycles.